The maximum absolute atomic E-state index is 12.0. The van der Waals surface area contributed by atoms with Crippen LogP contribution in [0.5, 0.6) is 0 Å². The number of hydrogen-bond acceptors (Lipinski definition) is 8. The molecule has 0 aromatic carbocycles. The molecule has 1 aliphatic heterocycles. The molecule has 0 N–H and O–H groups in total. The van der Waals surface area contributed by atoms with Crippen molar-refractivity contribution >= 4 is 22.1 Å². The van der Waals surface area contributed by atoms with Crippen LogP contribution in [0, 0.1) is 11.3 Å². The molecule has 0 aromatic heterocycles. The van der Waals surface area contributed by atoms with E-state index in [4.69, 9.17) is 18.4 Å². The Morgan fingerprint density at radius 3 is 2.64 bits per heavy atom. The van der Waals surface area contributed by atoms with Crippen molar-refractivity contribution in [3.05, 3.63) is 12.2 Å². The van der Waals surface area contributed by atoms with Gasteiger partial charge in [0.15, 0.2) is 0 Å². The number of esters is 2. The van der Waals surface area contributed by atoms with Crippen molar-refractivity contribution in [2.45, 2.75) is 44.1 Å². The summed E-state index contributed by atoms with van der Waals surface area (Å²) in [4.78, 5) is 22.9. The SMILES string of the molecule is C=C(C)C(=O)OCCOC(=O)COC1C2CC3C(C)(C2)C1OS3(=O)=O. The molecule has 2 saturated carbocycles. The van der Waals surface area contributed by atoms with Crippen LogP contribution in [0.3, 0.4) is 0 Å². The molecule has 2 bridgehead atoms. The second-order valence-corrected chi connectivity index (χ2v) is 8.86. The van der Waals surface area contributed by atoms with Crippen molar-refractivity contribution in [1.29, 1.82) is 0 Å². The number of rotatable bonds is 7. The van der Waals surface area contributed by atoms with E-state index in [1.807, 2.05) is 6.92 Å². The van der Waals surface area contributed by atoms with Gasteiger partial charge in [-0.1, -0.05) is 13.5 Å². The van der Waals surface area contributed by atoms with Crippen molar-refractivity contribution in [2.75, 3.05) is 19.8 Å². The summed E-state index contributed by atoms with van der Waals surface area (Å²) >= 11 is 0. The molecule has 2 aliphatic carbocycles. The van der Waals surface area contributed by atoms with Crippen molar-refractivity contribution in [3.8, 4) is 0 Å². The van der Waals surface area contributed by atoms with Crippen LogP contribution in [-0.2, 0) is 38.1 Å². The topological polar surface area (TPSA) is 105 Å². The van der Waals surface area contributed by atoms with Gasteiger partial charge in [-0.3, -0.25) is 4.18 Å². The van der Waals surface area contributed by atoms with Gasteiger partial charge in [0.25, 0.3) is 10.1 Å². The van der Waals surface area contributed by atoms with E-state index in [1.54, 1.807) is 0 Å². The maximum Gasteiger partial charge on any atom is 0.333 e. The number of carbonyl (C=O) groups excluding carboxylic acids is 2. The van der Waals surface area contributed by atoms with Crippen LogP contribution in [-0.4, -0.2) is 57.6 Å². The third-order valence-electron chi connectivity index (χ3n) is 5.28. The van der Waals surface area contributed by atoms with Gasteiger partial charge in [-0.15, -0.1) is 0 Å². The Morgan fingerprint density at radius 2 is 1.96 bits per heavy atom. The third kappa shape index (κ3) is 3.20. The van der Waals surface area contributed by atoms with E-state index in [0.717, 1.165) is 6.42 Å². The minimum atomic E-state index is -3.55. The zero-order valence-electron chi connectivity index (χ0n) is 14.2. The smallest absolute Gasteiger partial charge is 0.333 e. The average molecular weight is 374 g/mol. The number of carbonyl (C=O) groups is 2. The van der Waals surface area contributed by atoms with Gasteiger partial charge in [-0.2, -0.15) is 8.42 Å². The molecule has 9 heteroatoms. The molecule has 0 radical (unpaired) electrons. The van der Waals surface area contributed by atoms with E-state index in [2.05, 4.69) is 6.58 Å². The third-order valence-corrected chi connectivity index (χ3v) is 7.18. The molecule has 5 atom stereocenters. The van der Waals surface area contributed by atoms with Gasteiger partial charge in [0, 0.05) is 11.0 Å². The Morgan fingerprint density at radius 1 is 1.28 bits per heavy atom. The van der Waals surface area contributed by atoms with E-state index >= 15 is 0 Å². The zero-order chi connectivity index (χ0) is 18.4. The highest BCUT2D eigenvalue weighted by Crippen LogP contribution is 2.62. The van der Waals surface area contributed by atoms with E-state index in [-0.39, 0.29) is 31.3 Å². The van der Waals surface area contributed by atoms with Crippen molar-refractivity contribution < 1.29 is 36.4 Å². The molecule has 3 aliphatic rings. The second kappa shape index (κ2) is 6.37. The Bertz CT molecular complexity index is 699. The van der Waals surface area contributed by atoms with Crippen molar-refractivity contribution in [1.82, 2.24) is 0 Å². The second-order valence-electron chi connectivity index (χ2n) is 7.12. The number of fused-ring (bicyclic) bond motifs is 1. The normalized spacial score (nSPS) is 37.0. The van der Waals surface area contributed by atoms with E-state index in [1.165, 1.54) is 6.92 Å². The van der Waals surface area contributed by atoms with Crippen LogP contribution in [0.2, 0.25) is 0 Å². The van der Waals surface area contributed by atoms with Crippen LogP contribution in [0.25, 0.3) is 0 Å². The summed E-state index contributed by atoms with van der Waals surface area (Å²) in [5, 5.41) is -0.468. The van der Waals surface area contributed by atoms with Gasteiger partial charge in [-0.25, -0.2) is 9.59 Å². The molecule has 0 aromatic rings. The fourth-order valence-electron chi connectivity index (χ4n) is 4.16. The summed E-state index contributed by atoms with van der Waals surface area (Å²) in [6, 6.07) is 0. The zero-order valence-corrected chi connectivity index (χ0v) is 15.0. The highest BCUT2D eigenvalue weighted by Gasteiger charge is 2.71. The minimum Gasteiger partial charge on any atom is -0.460 e. The van der Waals surface area contributed by atoms with Crippen molar-refractivity contribution in [2.24, 2.45) is 11.3 Å². The molecular formula is C16H22O8S. The first kappa shape index (κ1) is 18.3. The molecule has 140 valence electrons. The molecule has 1 saturated heterocycles. The van der Waals surface area contributed by atoms with Gasteiger partial charge in [0.05, 0.1) is 11.4 Å². The maximum atomic E-state index is 12.0. The van der Waals surface area contributed by atoms with E-state index < -0.39 is 44.9 Å². The first-order valence-corrected chi connectivity index (χ1v) is 9.64. The lowest BCUT2D eigenvalue weighted by Crippen LogP contribution is -2.42. The van der Waals surface area contributed by atoms with Crippen LogP contribution < -0.4 is 0 Å². The largest absolute Gasteiger partial charge is 0.460 e. The predicted molar refractivity (Wildman–Crippen MR) is 84.9 cm³/mol. The summed E-state index contributed by atoms with van der Waals surface area (Å²) in [5.41, 5.74) is -0.168. The Hall–Kier alpha value is -1.45. The van der Waals surface area contributed by atoms with Gasteiger partial charge in [-0.05, 0) is 25.7 Å². The summed E-state index contributed by atoms with van der Waals surface area (Å²) in [6.45, 7) is 6.43. The molecule has 0 spiro atoms. The quantitative estimate of drug-likeness (QED) is 0.275. The minimum absolute atomic E-state index is 0.0623. The number of hydrogen-bond donors (Lipinski definition) is 0. The van der Waals surface area contributed by atoms with Crippen LogP contribution >= 0.6 is 0 Å². The van der Waals surface area contributed by atoms with Crippen molar-refractivity contribution in [3.63, 3.8) is 0 Å². The Balaban J connectivity index is 1.44. The summed E-state index contributed by atoms with van der Waals surface area (Å²) in [7, 11) is -3.55. The van der Waals surface area contributed by atoms with Gasteiger partial charge in [0.2, 0.25) is 0 Å². The molecule has 8 nitrogen and oxygen atoms in total. The van der Waals surface area contributed by atoms with Crippen LogP contribution in [0.1, 0.15) is 26.7 Å². The summed E-state index contributed by atoms with van der Waals surface area (Å²) in [5.74, 6) is -1.07. The van der Waals surface area contributed by atoms with Gasteiger partial charge < -0.3 is 14.2 Å². The summed E-state index contributed by atoms with van der Waals surface area (Å²) in [6.07, 6.45) is 0.266. The molecule has 1 heterocycles. The average Bonchev–Trinajstić information content (AvgIpc) is 3.03. The molecule has 3 rings (SSSR count). The monoisotopic (exact) mass is 374 g/mol. The summed E-state index contributed by atoms with van der Waals surface area (Å²) < 4.78 is 44.7. The lowest BCUT2D eigenvalue weighted by atomic mass is 9.82. The first-order valence-electron chi connectivity index (χ1n) is 8.17. The van der Waals surface area contributed by atoms with Gasteiger partial charge in [0.1, 0.15) is 25.9 Å². The van der Waals surface area contributed by atoms with Crippen LogP contribution in [0.4, 0.5) is 0 Å². The van der Waals surface area contributed by atoms with E-state index in [0.29, 0.717) is 6.42 Å². The molecule has 3 fully saturated rings. The molecule has 0 amide bonds. The Kier molecular flexibility index (Phi) is 4.67. The highest BCUT2D eigenvalue weighted by molar-refractivity contribution is 7.87. The molecular weight excluding hydrogens is 352 g/mol. The van der Waals surface area contributed by atoms with E-state index in [9.17, 15) is 18.0 Å². The highest BCUT2D eigenvalue weighted by atomic mass is 32.2. The van der Waals surface area contributed by atoms with Crippen LogP contribution in [0.15, 0.2) is 12.2 Å². The molecule has 5 unspecified atom stereocenters. The lowest BCUT2D eigenvalue weighted by Gasteiger charge is -2.30. The lowest BCUT2D eigenvalue weighted by molar-refractivity contribution is -0.158. The predicted octanol–water partition coefficient (Wildman–Crippen LogP) is 0.561. The first-order chi connectivity index (χ1) is 11.6. The fraction of sp³-hybridized carbons (Fsp3) is 0.750. The van der Waals surface area contributed by atoms with Gasteiger partial charge >= 0.3 is 11.9 Å². The number of ether oxygens (including phenoxy) is 3. The fourth-order valence-corrected chi connectivity index (χ4v) is 6.29. The molecule has 25 heavy (non-hydrogen) atoms. The Labute approximate surface area is 146 Å². The standard InChI is InChI=1S/C16H22O8S/c1-9(2)15(18)22-5-4-21-12(17)8-23-13-10-6-11-16(3,7-10)14(13)24-25(11,19)20/h10-11,13-14H,1,4-8H2,2-3H3.